The van der Waals surface area contributed by atoms with Gasteiger partial charge in [-0.2, -0.15) is 0 Å². The summed E-state index contributed by atoms with van der Waals surface area (Å²) >= 11 is 12.1. The molecule has 2 unspecified atom stereocenters. The molecule has 1 heterocycles. The highest BCUT2D eigenvalue weighted by Gasteiger charge is 2.33. The summed E-state index contributed by atoms with van der Waals surface area (Å²) in [6.07, 6.45) is 0.938. The predicted octanol–water partition coefficient (Wildman–Crippen LogP) is 4.57. The van der Waals surface area contributed by atoms with E-state index in [-0.39, 0.29) is 30.3 Å². The molecule has 0 saturated carbocycles. The van der Waals surface area contributed by atoms with Gasteiger partial charge < -0.3 is 10.2 Å². The largest absolute Gasteiger partial charge is 0.336 e. The Balaban J connectivity index is 0.00000264. The Morgan fingerprint density at radius 1 is 1.30 bits per heavy atom. The van der Waals surface area contributed by atoms with Crippen molar-refractivity contribution in [1.29, 1.82) is 0 Å². The summed E-state index contributed by atoms with van der Waals surface area (Å²) in [5, 5.41) is 4.31. The molecule has 1 amide bonds. The molecule has 0 radical (unpaired) electrons. The van der Waals surface area contributed by atoms with E-state index in [0.717, 1.165) is 31.6 Å². The molecule has 23 heavy (non-hydrogen) atoms. The zero-order chi connectivity index (χ0) is 16.3. The van der Waals surface area contributed by atoms with Gasteiger partial charge >= 0.3 is 0 Å². The Kier molecular flexibility index (Phi) is 8.15. The molecule has 2 rings (SSSR count). The zero-order valence-electron chi connectivity index (χ0n) is 13.8. The summed E-state index contributed by atoms with van der Waals surface area (Å²) in [7, 11) is 0. The third-order valence-electron chi connectivity index (χ3n) is 4.55. The van der Waals surface area contributed by atoms with Gasteiger partial charge in [-0.15, -0.1) is 12.4 Å². The van der Waals surface area contributed by atoms with Crippen LogP contribution in [-0.4, -0.2) is 30.4 Å². The molecule has 1 aromatic rings. The predicted molar refractivity (Wildman–Crippen MR) is 99.7 cm³/mol. The third-order valence-corrected chi connectivity index (χ3v) is 5.29. The van der Waals surface area contributed by atoms with Gasteiger partial charge in [0.25, 0.3) is 0 Å². The Morgan fingerprint density at radius 2 is 1.96 bits per heavy atom. The number of benzene rings is 1. The maximum absolute atomic E-state index is 12.9. The average Bonchev–Trinajstić information content (AvgIpc) is 2.44. The van der Waals surface area contributed by atoms with Gasteiger partial charge in [0.1, 0.15) is 0 Å². The molecular weight excluding hydrogens is 355 g/mol. The lowest BCUT2D eigenvalue weighted by molar-refractivity contribution is -0.139. The molecule has 2 atom stereocenters. The van der Waals surface area contributed by atoms with Crippen molar-refractivity contribution in [2.24, 2.45) is 11.8 Å². The van der Waals surface area contributed by atoms with Crippen molar-refractivity contribution in [1.82, 2.24) is 10.2 Å². The van der Waals surface area contributed by atoms with Gasteiger partial charge in [0.2, 0.25) is 5.91 Å². The van der Waals surface area contributed by atoms with Crippen LogP contribution in [0.5, 0.6) is 0 Å². The van der Waals surface area contributed by atoms with Crippen LogP contribution in [0, 0.1) is 11.8 Å². The number of nitrogens with zero attached hydrogens (tertiary/aromatic N) is 1. The van der Waals surface area contributed by atoms with E-state index >= 15 is 0 Å². The smallest absolute Gasteiger partial charge is 0.226 e. The molecule has 0 aliphatic carbocycles. The lowest BCUT2D eigenvalue weighted by Crippen LogP contribution is -2.50. The van der Waals surface area contributed by atoms with Gasteiger partial charge in [0.15, 0.2) is 0 Å². The third kappa shape index (κ3) is 4.76. The van der Waals surface area contributed by atoms with E-state index in [2.05, 4.69) is 19.2 Å². The topological polar surface area (TPSA) is 32.3 Å². The second kappa shape index (κ2) is 9.12. The van der Waals surface area contributed by atoms with Crippen LogP contribution in [0.1, 0.15) is 38.8 Å². The number of nitrogens with one attached hydrogen (secondary N) is 1. The van der Waals surface area contributed by atoms with Crippen LogP contribution < -0.4 is 5.32 Å². The van der Waals surface area contributed by atoms with Crippen LogP contribution in [0.4, 0.5) is 0 Å². The van der Waals surface area contributed by atoms with E-state index in [1.807, 2.05) is 24.0 Å². The van der Waals surface area contributed by atoms with Gasteiger partial charge in [0, 0.05) is 12.5 Å². The first-order chi connectivity index (χ1) is 10.5. The second-order valence-corrected chi connectivity index (χ2v) is 6.90. The van der Waals surface area contributed by atoms with Crippen molar-refractivity contribution >= 4 is 41.5 Å². The van der Waals surface area contributed by atoms with Crippen molar-refractivity contribution in [2.75, 3.05) is 19.6 Å². The van der Waals surface area contributed by atoms with Crippen LogP contribution in [-0.2, 0) is 4.79 Å². The summed E-state index contributed by atoms with van der Waals surface area (Å²) in [4.78, 5) is 14.8. The molecule has 1 saturated heterocycles. The standard InChI is InChI=1S/C17H24Cl2N2O.ClH/c1-4-7-21(17(22)11(2)14-9-20-10-14)12(3)13-5-6-15(18)16(19)8-13;/h5-6,8,11-12,14,20H,4,7,9-10H2,1-3H3;1H. The summed E-state index contributed by atoms with van der Waals surface area (Å²) in [6.45, 7) is 8.82. The Hall–Kier alpha value is -0.480. The molecule has 1 fully saturated rings. The van der Waals surface area contributed by atoms with E-state index in [0.29, 0.717) is 16.0 Å². The molecule has 3 nitrogen and oxygen atoms in total. The van der Waals surface area contributed by atoms with E-state index in [1.165, 1.54) is 0 Å². The monoisotopic (exact) mass is 378 g/mol. The van der Waals surface area contributed by atoms with Crippen molar-refractivity contribution in [3.8, 4) is 0 Å². The van der Waals surface area contributed by atoms with Crippen molar-refractivity contribution in [3.05, 3.63) is 33.8 Å². The minimum Gasteiger partial charge on any atom is -0.336 e. The number of carbonyl (C=O) groups excluding carboxylic acids is 1. The fourth-order valence-corrected chi connectivity index (χ4v) is 3.12. The lowest BCUT2D eigenvalue weighted by Gasteiger charge is -2.37. The first-order valence-electron chi connectivity index (χ1n) is 7.91. The fraction of sp³-hybridized carbons (Fsp3) is 0.588. The Labute approximate surface area is 155 Å². The molecule has 0 aromatic heterocycles. The minimum absolute atomic E-state index is 0. The molecular formula is C17H25Cl3N2O. The summed E-state index contributed by atoms with van der Waals surface area (Å²) in [6, 6.07) is 5.60. The minimum atomic E-state index is -0.00213. The number of amides is 1. The number of hydrogen-bond donors (Lipinski definition) is 1. The molecule has 0 spiro atoms. The summed E-state index contributed by atoms with van der Waals surface area (Å²) in [5.41, 5.74) is 1.02. The van der Waals surface area contributed by atoms with E-state index < -0.39 is 0 Å². The molecule has 0 bridgehead atoms. The highest BCUT2D eigenvalue weighted by atomic mass is 35.5. The molecule has 1 aliphatic rings. The number of hydrogen-bond acceptors (Lipinski definition) is 2. The van der Waals surface area contributed by atoms with Gasteiger partial charge in [-0.05, 0) is 50.0 Å². The van der Waals surface area contributed by atoms with Crippen molar-refractivity contribution < 1.29 is 4.79 Å². The molecule has 130 valence electrons. The van der Waals surface area contributed by atoms with E-state index in [9.17, 15) is 4.79 Å². The quantitative estimate of drug-likeness (QED) is 0.785. The molecule has 6 heteroatoms. The van der Waals surface area contributed by atoms with Crippen LogP contribution in [0.25, 0.3) is 0 Å². The lowest BCUT2D eigenvalue weighted by atomic mass is 9.87. The normalized spacial score (nSPS) is 16.9. The van der Waals surface area contributed by atoms with Crippen LogP contribution in [0.3, 0.4) is 0 Å². The summed E-state index contributed by atoms with van der Waals surface area (Å²) < 4.78 is 0. The van der Waals surface area contributed by atoms with E-state index in [1.54, 1.807) is 6.07 Å². The van der Waals surface area contributed by atoms with Gasteiger partial charge in [-0.1, -0.05) is 43.1 Å². The Morgan fingerprint density at radius 3 is 2.43 bits per heavy atom. The fourth-order valence-electron chi connectivity index (χ4n) is 2.82. The number of rotatable bonds is 6. The maximum Gasteiger partial charge on any atom is 0.226 e. The summed E-state index contributed by atoms with van der Waals surface area (Å²) in [5.74, 6) is 0.734. The number of carbonyl (C=O) groups is 1. The molecule has 1 aromatic carbocycles. The maximum atomic E-state index is 12.9. The van der Waals surface area contributed by atoms with E-state index in [4.69, 9.17) is 23.2 Å². The van der Waals surface area contributed by atoms with Gasteiger partial charge in [0.05, 0.1) is 16.1 Å². The highest BCUT2D eigenvalue weighted by Crippen LogP contribution is 2.30. The number of halogens is 3. The van der Waals surface area contributed by atoms with Gasteiger partial charge in [-0.3, -0.25) is 4.79 Å². The van der Waals surface area contributed by atoms with Crippen LogP contribution in [0.2, 0.25) is 10.0 Å². The SMILES string of the molecule is CCCN(C(=O)C(C)C1CNC1)C(C)c1ccc(Cl)c(Cl)c1.Cl. The Bertz CT molecular complexity index is 535. The second-order valence-electron chi connectivity index (χ2n) is 6.09. The average molecular weight is 380 g/mol. The highest BCUT2D eigenvalue weighted by molar-refractivity contribution is 6.42. The first kappa shape index (κ1) is 20.6. The van der Waals surface area contributed by atoms with Gasteiger partial charge in [-0.25, -0.2) is 0 Å². The van der Waals surface area contributed by atoms with Crippen LogP contribution >= 0.6 is 35.6 Å². The molecule has 1 aliphatic heterocycles. The molecule has 1 N–H and O–H groups in total. The zero-order valence-corrected chi connectivity index (χ0v) is 16.1. The first-order valence-corrected chi connectivity index (χ1v) is 8.67. The van der Waals surface area contributed by atoms with Crippen molar-refractivity contribution in [2.45, 2.75) is 33.2 Å². The van der Waals surface area contributed by atoms with Crippen LogP contribution in [0.15, 0.2) is 18.2 Å². The van der Waals surface area contributed by atoms with Crippen molar-refractivity contribution in [3.63, 3.8) is 0 Å².